The number of rotatable bonds is 5. The Morgan fingerprint density at radius 1 is 1.20 bits per heavy atom. The maximum atomic E-state index is 10.6. The third-order valence-corrected chi connectivity index (χ3v) is 5.67. The lowest BCUT2D eigenvalue weighted by Crippen LogP contribution is -1.80. The van der Waals surface area contributed by atoms with Crippen LogP contribution in [0.5, 0.6) is 0 Å². The molecule has 0 saturated carbocycles. The fraction of sp³-hybridized carbons (Fsp3) is 0.286. The Hall–Kier alpha value is -1.29. The lowest BCUT2D eigenvalue weighted by molar-refractivity contribution is -0.380. The van der Waals surface area contributed by atoms with Crippen molar-refractivity contribution >= 4 is 39.4 Å². The van der Waals surface area contributed by atoms with E-state index in [2.05, 4.69) is 24.8 Å². The highest BCUT2D eigenvalue weighted by molar-refractivity contribution is 8.01. The molecule has 0 fully saturated rings. The van der Waals surface area contributed by atoms with E-state index in [0.29, 0.717) is 0 Å². The van der Waals surface area contributed by atoms with Gasteiger partial charge in [-0.1, -0.05) is 24.7 Å². The van der Waals surface area contributed by atoms with Gasteiger partial charge in [-0.15, -0.1) is 23.1 Å². The Morgan fingerprint density at radius 3 is 2.55 bits per heavy atom. The Labute approximate surface area is 130 Å². The topological polar surface area (TPSA) is 43.1 Å². The highest BCUT2D eigenvalue weighted by Crippen LogP contribution is 2.28. The molecule has 104 valence electrons. The SMILES string of the molecule is CCCCSc1ccc(C#Cc2ccc([N+](=O)[O-])s2)s1. The molecule has 0 aliphatic rings. The van der Waals surface area contributed by atoms with Gasteiger partial charge in [0.05, 0.1) is 18.9 Å². The van der Waals surface area contributed by atoms with Crippen molar-refractivity contribution < 1.29 is 4.92 Å². The van der Waals surface area contributed by atoms with E-state index in [1.165, 1.54) is 23.1 Å². The van der Waals surface area contributed by atoms with Crippen LogP contribution in [-0.4, -0.2) is 10.7 Å². The maximum Gasteiger partial charge on any atom is 0.325 e. The van der Waals surface area contributed by atoms with E-state index < -0.39 is 0 Å². The fourth-order valence-electron chi connectivity index (χ4n) is 1.40. The van der Waals surface area contributed by atoms with Gasteiger partial charge in [-0.05, 0) is 42.2 Å². The van der Waals surface area contributed by atoms with E-state index in [9.17, 15) is 10.1 Å². The zero-order valence-corrected chi connectivity index (χ0v) is 13.4. The number of hydrogen-bond donors (Lipinski definition) is 0. The average Bonchev–Trinajstić information content (AvgIpc) is 3.05. The highest BCUT2D eigenvalue weighted by atomic mass is 32.2. The number of thioether (sulfide) groups is 1. The van der Waals surface area contributed by atoms with E-state index in [0.717, 1.165) is 26.8 Å². The number of nitro groups is 1. The van der Waals surface area contributed by atoms with Gasteiger partial charge in [-0.3, -0.25) is 10.1 Å². The van der Waals surface area contributed by atoms with Crippen LogP contribution in [0, 0.1) is 22.0 Å². The fourth-order valence-corrected chi connectivity index (χ4v) is 4.22. The third-order valence-electron chi connectivity index (χ3n) is 2.40. The zero-order valence-electron chi connectivity index (χ0n) is 10.9. The van der Waals surface area contributed by atoms with Crippen LogP contribution in [0.15, 0.2) is 28.5 Å². The Kier molecular flexibility index (Phi) is 5.65. The van der Waals surface area contributed by atoms with Crippen molar-refractivity contribution in [2.75, 3.05) is 5.75 Å². The highest BCUT2D eigenvalue weighted by Gasteiger charge is 2.07. The summed E-state index contributed by atoms with van der Waals surface area (Å²) >= 11 is 4.65. The largest absolute Gasteiger partial charge is 0.325 e. The van der Waals surface area contributed by atoms with Crippen LogP contribution in [0.1, 0.15) is 29.5 Å². The molecule has 2 heterocycles. The summed E-state index contributed by atoms with van der Waals surface area (Å²) in [6.45, 7) is 2.19. The Balaban J connectivity index is 1.99. The van der Waals surface area contributed by atoms with Crippen molar-refractivity contribution in [1.82, 2.24) is 0 Å². The Bertz CT molecular complexity index is 649. The average molecular weight is 323 g/mol. The second kappa shape index (κ2) is 7.48. The summed E-state index contributed by atoms with van der Waals surface area (Å²) in [5.74, 6) is 7.19. The van der Waals surface area contributed by atoms with E-state index in [1.54, 1.807) is 17.4 Å². The van der Waals surface area contributed by atoms with Crippen LogP contribution >= 0.6 is 34.4 Å². The van der Waals surface area contributed by atoms with Gasteiger partial charge in [0.1, 0.15) is 0 Å². The molecule has 20 heavy (non-hydrogen) atoms. The van der Waals surface area contributed by atoms with Crippen molar-refractivity contribution in [1.29, 1.82) is 0 Å². The van der Waals surface area contributed by atoms with Gasteiger partial charge >= 0.3 is 5.00 Å². The van der Waals surface area contributed by atoms with Crippen LogP contribution in [0.3, 0.4) is 0 Å². The molecule has 0 bridgehead atoms. The van der Waals surface area contributed by atoms with Crippen LogP contribution in [-0.2, 0) is 0 Å². The first kappa shape index (κ1) is 15.1. The molecular formula is C14H13NO2S3. The molecule has 0 amide bonds. The minimum atomic E-state index is -0.385. The molecule has 0 aliphatic carbocycles. The molecule has 0 N–H and O–H groups in total. The quantitative estimate of drug-likeness (QED) is 0.255. The smallest absolute Gasteiger partial charge is 0.258 e. The van der Waals surface area contributed by atoms with Crippen LogP contribution in [0.25, 0.3) is 0 Å². The van der Waals surface area contributed by atoms with Crippen molar-refractivity contribution in [2.45, 2.75) is 24.0 Å². The molecule has 2 aromatic heterocycles. The predicted molar refractivity (Wildman–Crippen MR) is 86.9 cm³/mol. The zero-order chi connectivity index (χ0) is 14.4. The van der Waals surface area contributed by atoms with Crippen molar-refractivity contribution in [3.8, 4) is 11.8 Å². The molecule has 0 unspecified atom stereocenters. The van der Waals surface area contributed by atoms with Crippen LogP contribution in [0.4, 0.5) is 5.00 Å². The summed E-state index contributed by atoms with van der Waals surface area (Å²) < 4.78 is 1.28. The van der Waals surface area contributed by atoms with E-state index >= 15 is 0 Å². The summed E-state index contributed by atoms with van der Waals surface area (Å²) in [4.78, 5) is 11.9. The molecule has 0 spiro atoms. The second-order valence-electron chi connectivity index (χ2n) is 3.97. The third kappa shape index (κ3) is 4.37. The molecule has 2 rings (SSSR count). The van der Waals surface area contributed by atoms with Crippen LogP contribution < -0.4 is 0 Å². The molecule has 2 aromatic rings. The van der Waals surface area contributed by atoms with E-state index in [1.807, 2.05) is 17.8 Å². The normalized spacial score (nSPS) is 10.1. The standard InChI is InChI=1S/C14H13NO2S3/c1-2-3-10-18-14-9-7-12(20-14)5-4-11-6-8-13(19-11)15(16)17/h6-9H,2-3,10H2,1H3. The van der Waals surface area contributed by atoms with Crippen molar-refractivity contribution in [3.63, 3.8) is 0 Å². The number of nitrogens with zero attached hydrogens (tertiary/aromatic N) is 1. The van der Waals surface area contributed by atoms with Gasteiger partial charge < -0.3 is 0 Å². The summed E-state index contributed by atoms with van der Waals surface area (Å²) in [5.41, 5.74) is 0. The number of thiophene rings is 2. The number of unbranched alkanes of at least 4 members (excludes halogenated alkanes) is 1. The molecule has 0 atom stereocenters. The van der Waals surface area contributed by atoms with E-state index in [-0.39, 0.29) is 9.92 Å². The van der Waals surface area contributed by atoms with Crippen LogP contribution in [0.2, 0.25) is 0 Å². The molecule has 0 aromatic carbocycles. The molecule has 0 aliphatic heterocycles. The summed E-state index contributed by atoms with van der Waals surface area (Å²) in [6.07, 6.45) is 2.44. The molecule has 3 nitrogen and oxygen atoms in total. The lowest BCUT2D eigenvalue weighted by atomic mass is 10.4. The summed E-state index contributed by atoms with van der Waals surface area (Å²) in [6, 6.07) is 7.29. The first-order valence-corrected chi connectivity index (χ1v) is 8.80. The minimum absolute atomic E-state index is 0.135. The minimum Gasteiger partial charge on any atom is -0.258 e. The van der Waals surface area contributed by atoms with Crippen molar-refractivity contribution in [3.05, 3.63) is 44.1 Å². The Morgan fingerprint density at radius 2 is 1.90 bits per heavy atom. The molecular weight excluding hydrogens is 310 g/mol. The predicted octanol–water partition coefficient (Wildman–Crippen LogP) is 5.01. The molecule has 6 heteroatoms. The second-order valence-corrected chi connectivity index (χ2v) is 7.51. The first-order valence-electron chi connectivity index (χ1n) is 6.18. The van der Waals surface area contributed by atoms with Gasteiger partial charge in [-0.25, -0.2) is 0 Å². The first-order chi connectivity index (χ1) is 9.69. The maximum absolute atomic E-state index is 10.6. The molecule has 0 radical (unpaired) electrons. The monoisotopic (exact) mass is 323 g/mol. The van der Waals surface area contributed by atoms with Gasteiger partial charge in [0.2, 0.25) is 0 Å². The van der Waals surface area contributed by atoms with Gasteiger partial charge in [-0.2, -0.15) is 0 Å². The summed E-state index contributed by atoms with van der Waals surface area (Å²) in [7, 11) is 0. The van der Waals surface area contributed by atoms with Gasteiger partial charge in [0.15, 0.2) is 0 Å². The summed E-state index contributed by atoms with van der Waals surface area (Å²) in [5, 5.41) is 10.7. The lowest BCUT2D eigenvalue weighted by Gasteiger charge is -1.93. The van der Waals surface area contributed by atoms with E-state index in [4.69, 9.17) is 0 Å². The molecule has 0 saturated heterocycles. The van der Waals surface area contributed by atoms with Crippen molar-refractivity contribution in [2.24, 2.45) is 0 Å². The van der Waals surface area contributed by atoms with Gasteiger partial charge in [0, 0.05) is 6.07 Å². The van der Waals surface area contributed by atoms with Gasteiger partial charge in [0.25, 0.3) is 0 Å². The number of hydrogen-bond acceptors (Lipinski definition) is 5.